The van der Waals surface area contributed by atoms with Crippen LogP contribution >= 0.6 is 0 Å². The number of carbonyl (C=O) groups is 1. The molecule has 1 saturated heterocycles. The Morgan fingerprint density at radius 1 is 1.19 bits per heavy atom. The Balaban J connectivity index is 1.59. The molecule has 1 aromatic carbocycles. The molecule has 1 amide bonds. The Morgan fingerprint density at radius 2 is 1.91 bits per heavy atom. The number of nitrogens with zero attached hydrogens (tertiary/aromatic N) is 3. The molecule has 0 radical (unpaired) electrons. The number of rotatable bonds is 4. The van der Waals surface area contributed by atoms with Crippen LogP contribution in [0.5, 0.6) is 0 Å². The van der Waals surface area contributed by atoms with Crippen molar-refractivity contribution in [1.29, 1.82) is 0 Å². The van der Waals surface area contributed by atoms with Gasteiger partial charge in [0.05, 0.1) is 35.8 Å². The molecule has 1 aromatic heterocycles. The Morgan fingerprint density at radius 3 is 2.59 bits per heavy atom. The van der Waals surface area contributed by atoms with E-state index < -0.39 is 47.3 Å². The van der Waals surface area contributed by atoms with Gasteiger partial charge in [0.25, 0.3) is 5.56 Å². The van der Waals surface area contributed by atoms with Gasteiger partial charge >= 0.3 is 6.18 Å². The van der Waals surface area contributed by atoms with Gasteiger partial charge in [0, 0.05) is 24.9 Å². The standard InChI is InChI=1S/C22H25F4N3O3/c23-15-3-4-17-16(11-15)19(31)29(14-27-17)13-21(32)9-10-28(12-20(21)6-1-2-7-20)18(30)5-8-22(24,25)26/h3-4,11,14,32H,1-2,5-10,12-13H2. The topological polar surface area (TPSA) is 75.4 Å². The Labute approximate surface area is 181 Å². The minimum absolute atomic E-state index is 0.0735. The van der Waals surface area contributed by atoms with Crippen LogP contribution in [0.4, 0.5) is 17.6 Å². The SMILES string of the molecule is O=C(CCC(F)(F)F)N1CCC(O)(Cn2cnc3ccc(F)cc3c2=O)C2(CCCC2)C1. The predicted molar refractivity (Wildman–Crippen MR) is 108 cm³/mol. The van der Waals surface area contributed by atoms with Crippen LogP contribution in [-0.2, 0) is 11.3 Å². The fourth-order valence-corrected chi connectivity index (χ4v) is 5.24. The highest BCUT2D eigenvalue weighted by Crippen LogP contribution is 2.51. The fourth-order valence-electron chi connectivity index (χ4n) is 5.24. The van der Waals surface area contributed by atoms with E-state index in [9.17, 15) is 32.3 Å². The minimum atomic E-state index is -4.40. The second-order valence-electron chi connectivity index (χ2n) is 9.04. The van der Waals surface area contributed by atoms with E-state index in [1.165, 1.54) is 27.9 Å². The predicted octanol–water partition coefficient (Wildman–Crippen LogP) is 3.40. The number of hydrogen-bond donors (Lipinski definition) is 1. The van der Waals surface area contributed by atoms with Crippen molar-refractivity contribution in [2.75, 3.05) is 13.1 Å². The van der Waals surface area contributed by atoms with Crippen LogP contribution in [0.15, 0.2) is 29.3 Å². The largest absolute Gasteiger partial charge is 0.389 e. The molecule has 2 fully saturated rings. The third-order valence-corrected chi connectivity index (χ3v) is 7.03. The molecule has 2 heterocycles. The van der Waals surface area contributed by atoms with Gasteiger partial charge < -0.3 is 10.0 Å². The normalized spacial score (nSPS) is 23.2. The van der Waals surface area contributed by atoms with Crippen LogP contribution in [0.3, 0.4) is 0 Å². The quantitative estimate of drug-likeness (QED) is 0.718. The Hall–Kier alpha value is -2.49. The molecule has 0 bridgehead atoms. The average molecular weight is 455 g/mol. The van der Waals surface area contributed by atoms with Crippen molar-refractivity contribution in [3.63, 3.8) is 0 Å². The van der Waals surface area contributed by atoms with Crippen molar-refractivity contribution in [3.05, 3.63) is 40.7 Å². The smallest absolute Gasteiger partial charge is 0.387 e. The minimum Gasteiger partial charge on any atom is -0.387 e. The molecular weight excluding hydrogens is 430 g/mol. The molecular formula is C22H25F4N3O3. The molecule has 1 unspecified atom stereocenters. The van der Waals surface area contributed by atoms with E-state index in [-0.39, 0.29) is 31.4 Å². The summed E-state index contributed by atoms with van der Waals surface area (Å²) in [6.45, 7) is 0.194. The van der Waals surface area contributed by atoms with Gasteiger partial charge in [0.1, 0.15) is 5.82 Å². The molecule has 1 saturated carbocycles. The highest BCUT2D eigenvalue weighted by Gasteiger charge is 2.55. The molecule has 1 N–H and O–H groups in total. The van der Waals surface area contributed by atoms with E-state index in [2.05, 4.69) is 4.98 Å². The Kier molecular flexibility index (Phi) is 5.77. The number of amides is 1. The number of piperidine rings is 1. The third-order valence-electron chi connectivity index (χ3n) is 7.03. The van der Waals surface area contributed by atoms with Crippen molar-refractivity contribution in [2.45, 2.75) is 63.3 Å². The lowest BCUT2D eigenvalue weighted by Crippen LogP contribution is -2.62. The molecule has 2 aromatic rings. The molecule has 6 nitrogen and oxygen atoms in total. The van der Waals surface area contributed by atoms with Crippen molar-refractivity contribution in [2.24, 2.45) is 5.41 Å². The van der Waals surface area contributed by atoms with Crippen LogP contribution in [0, 0.1) is 11.2 Å². The summed E-state index contributed by atoms with van der Waals surface area (Å²) in [4.78, 5) is 31.0. The van der Waals surface area contributed by atoms with E-state index in [4.69, 9.17) is 0 Å². The first kappa shape index (κ1) is 22.7. The van der Waals surface area contributed by atoms with E-state index in [0.29, 0.717) is 18.4 Å². The summed E-state index contributed by atoms with van der Waals surface area (Å²) in [5.41, 5.74) is -2.17. The maximum absolute atomic E-state index is 13.6. The summed E-state index contributed by atoms with van der Waals surface area (Å²) in [6.07, 6.45) is -1.87. The zero-order chi connectivity index (χ0) is 23.1. The first-order chi connectivity index (χ1) is 15.0. The van der Waals surface area contributed by atoms with E-state index in [0.717, 1.165) is 18.9 Å². The third kappa shape index (κ3) is 4.24. The van der Waals surface area contributed by atoms with Crippen molar-refractivity contribution in [3.8, 4) is 0 Å². The average Bonchev–Trinajstić information content (AvgIpc) is 3.20. The van der Waals surface area contributed by atoms with Gasteiger partial charge in [-0.25, -0.2) is 9.37 Å². The molecule has 174 valence electrons. The highest BCUT2D eigenvalue weighted by atomic mass is 19.4. The number of benzene rings is 1. The number of hydrogen-bond acceptors (Lipinski definition) is 4. The van der Waals surface area contributed by atoms with Gasteiger partial charge in [-0.3, -0.25) is 14.2 Å². The lowest BCUT2D eigenvalue weighted by molar-refractivity contribution is -0.166. The lowest BCUT2D eigenvalue weighted by Gasteiger charge is -2.52. The number of likely N-dealkylation sites (tertiary alicyclic amines) is 1. The van der Waals surface area contributed by atoms with E-state index in [1.807, 2.05) is 0 Å². The second kappa shape index (κ2) is 8.13. The van der Waals surface area contributed by atoms with Crippen molar-refractivity contribution < 1.29 is 27.5 Å². The summed E-state index contributed by atoms with van der Waals surface area (Å²) in [5, 5.41) is 11.8. The van der Waals surface area contributed by atoms with Crippen LogP contribution in [0.2, 0.25) is 0 Å². The number of carbonyl (C=O) groups excluding carboxylic acids is 1. The van der Waals surface area contributed by atoms with E-state index >= 15 is 0 Å². The molecule has 2 aliphatic rings. The highest BCUT2D eigenvalue weighted by molar-refractivity contribution is 5.77. The van der Waals surface area contributed by atoms with Crippen LogP contribution in [0.1, 0.15) is 44.9 Å². The summed E-state index contributed by atoms with van der Waals surface area (Å²) < 4.78 is 52.5. The van der Waals surface area contributed by atoms with Crippen molar-refractivity contribution >= 4 is 16.8 Å². The van der Waals surface area contributed by atoms with Crippen LogP contribution in [0.25, 0.3) is 10.9 Å². The van der Waals surface area contributed by atoms with Crippen LogP contribution < -0.4 is 5.56 Å². The molecule has 10 heteroatoms. The zero-order valence-corrected chi connectivity index (χ0v) is 17.5. The second-order valence-corrected chi connectivity index (χ2v) is 9.04. The number of alkyl halides is 3. The first-order valence-corrected chi connectivity index (χ1v) is 10.7. The number of aromatic nitrogens is 2. The molecule has 1 atom stereocenters. The molecule has 1 aliphatic carbocycles. The summed E-state index contributed by atoms with van der Waals surface area (Å²) in [7, 11) is 0. The summed E-state index contributed by atoms with van der Waals surface area (Å²) in [5.74, 6) is -1.14. The van der Waals surface area contributed by atoms with Gasteiger partial charge in [-0.1, -0.05) is 12.8 Å². The number of aliphatic hydroxyl groups is 1. The number of fused-ring (bicyclic) bond motifs is 1. The van der Waals surface area contributed by atoms with Crippen molar-refractivity contribution in [1.82, 2.24) is 14.5 Å². The van der Waals surface area contributed by atoms with Crippen LogP contribution in [-0.4, -0.2) is 50.3 Å². The maximum atomic E-state index is 13.6. The van der Waals surface area contributed by atoms with E-state index in [1.54, 1.807) is 0 Å². The van der Waals surface area contributed by atoms with Gasteiger partial charge in [0.15, 0.2) is 0 Å². The number of halogens is 4. The maximum Gasteiger partial charge on any atom is 0.389 e. The first-order valence-electron chi connectivity index (χ1n) is 10.7. The molecule has 4 rings (SSSR count). The summed E-state index contributed by atoms with van der Waals surface area (Å²) in [6, 6.07) is 3.73. The van der Waals surface area contributed by atoms with Gasteiger partial charge in [-0.15, -0.1) is 0 Å². The van der Waals surface area contributed by atoms with Gasteiger partial charge in [0.2, 0.25) is 5.91 Å². The monoisotopic (exact) mass is 455 g/mol. The molecule has 32 heavy (non-hydrogen) atoms. The zero-order valence-electron chi connectivity index (χ0n) is 17.5. The summed E-state index contributed by atoms with van der Waals surface area (Å²) >= 11 is 0. The molecule has 1 spiro atoms. The fraction of sp³-hybridized carbons (Fsp3) is 0.591. The molecule has 1 aliphatic heterocycles. The Bertz CT molecular complexity index is 1080. The van der Waals surface area contributed by atoms with Gasteiger partial charge in [-0.05, 0) is 37.5 Å². The van der Waals surface area contributed by atoms with Gasteiger partial charge in [-0.2, -0.15) is 13.2 Å². The lowest BCUT2D eigenvalue weighted by atomic mass is 9.65.